The van der Waals surface area contributed by atoms with Gasteiger partial charge in [-0.3, -0.25) is 9.69 Å². The maximum Gasteiger partial charge on any atom is 0.246 e. The summed E-state index contributed by atoms with van der Waals surface area (Å²) >= 11 is 6.05. The predicted molar refractivity (Wildman–Crippen MR) is 114 cm³/mol. The Morgan fingerprint density at radius 2 is 1.90 bits per heavy atom. The minimum absolute atomic E-state index is 0.0142. The number of halogens is 2. The van der Waals surface area contributed by atoms with Gasteiger partial charge in [-0.2, -0.15) is 0 Å². The van der Waals surface area contributed by atoms with Crippen LogP contribution in [0.5, 0.6) is 5.75 Å². The van der Waals surface area contributed by atoms with Gasteiger partial charge in [-0.15, -0.1) is 0 Å². The second-order valence-electron chi connectivity index (χ2n) is 7.47. The van der Waals surface area contributed by atoms with Crippen molar-refractivity contribution in [2.24, 2.45) is 0 Å². The van der Waals surface area contributed by atoms with Crippen molar-refractivity contribution in [3.05, 3.63) is 70.5 Å². The second-order valence-corrected chi connectivity index (χ2v) is 7.88. The van der Waals surface area contributed by atoms with Crippen LogP contribution in [0.3, 0.4) is 0 Å². The number of rotatable bonds is 5. The van der Waals surface area contributed by atoms with Crippen LogP contribution in [0.4, 0.5) is 4.39 Å². The fourth-order valence-corrected chi connectivity index (χ4v) is 3.79. The van der Waals surface area contributed by atoms with Crippen molar-refractivity contribution in [1.82, 2.24) is 9.80 Å². The highest BCUT2D eigenvalue weighted by Gasteiger charge is 2.30. The zero-order chi connectivity index (χ0) is 21.0. The number of ether oxygens (including phenoxy) is 1. The van der Waals surface area contributed by atoms with Crippen LogP contribution in [-0.4, -0.2) is 48.0 Å². The lowest BCUT2D eigenvalue weighted by Crippen LogP contribution is -2.57. The fourth-order valence-electron chi connectivity index (χ4n) is 3.59. The number of methoxy groups -OCH3 is 1. The third-order valence-corrected chi connectivity index (χ3v) is 5.60. The molecule has 6 heteroatoms. The Balaban J connectivity index is 1.63. The highest BCUT2D eigenvalue weighted by atomic mass is 35.5. The first kappa shape index (κ1) is 21.3. The molecule has 0 aliphatic carbocycles. The van der Waals surface area contributed by atoms with Crippen LogP contribution in [0.1, 0.15) is 25.0 Å². The first-order valence-corrected chi connectivity index (χ1v) is 10.1. The quantitative estimate of drug-likeness (QED) is 0.666. The number of nitrogens with zero attached hydrogens (tertiary/aromatic N) is 2. The Morgan fingerprint density at radius 1 is 1.17 bits per heavy atom. The molecule has 1 aliphatic heterocycles. The Morgan fingerprint density at radius 3 is 2.59 bits per heavy atom. The molecule has 1 amide bonds. The molecule has 29 heavy (non-hydrogen) atoms. The van der Waals surface area contributed by atoms with Gasteiger partial charge in [-0.1, -0.05) is 29.8 Å². The van der Waals surface area contributed by atoms with E-state index >= 15 is 0 Å². The van der Waals surface area contributed by atoms with Crippen molar-refractivity contribution in [3.63, 3.8) is 0 Å². The molecule has 2 aromatic rings. The van der Waals surface area contributed by atoms with Gasteiger partial charge >= 0.3 is 0 Å². The number of carbonyl (C=O) groups excluding carboxylic acids is 1. The minimum atomic E-state index is -0.226. The minimum Gasteiger partial charge on any atom is -0.495 e. The van der Waals surface area contributed by atoms with E-state index in [1.807, 2.05) is 23.1 Å². The molecule has 1 fully saturated rings. The van der Waals surface area contributed by atoms with Crippen LogP contribution in [-0.2, 0) is 11.3 Å². The van der Waals surface area contributed by atoms with E-state index in [2.05, 4.69) is 18.7 Å². The van der Waals surface area contributed by atoms with Gasteiger partial charge in [-0.25, -0.2) is 4.39 Å². The van der Waals surface area contributed by atoms with Gasteiger partial charge in [0.05, 0.1) is 12.1 Å². The van der Waals surface area contributed by atoms with Crippen LogP contribution in [0.2, 0.25) is 5.02 Å². The average Bonchev–Trinajstić information content (AvgIpc) is 2.71. The Bertz CT molecular complexity index is 885. The fraction of sp³-hybridized carbons (Fsp3) is 0.348. The highest BCUT2D eigenvalue weighted by Crippen LogP contribution is 2.26. The lowest BCUT2D eigenvalue weighted by molar-refractivity contribution is -0.131. The molecule has 0 spiro atoms. The Hall–Kier alpha value is -2.37. The predicted octanol–water partition coefficient (Wildman–Crippen LogP) is 4.62. The zero-order valence-electron chi connectivity index (χ0n) is 16.9. The highest BCUT2D eigenvalue weighted by molar-refractivity contribution is 6.32. The first-order valence-electron chi connectivity index (χ1n) is 9.68. The van der Waals surface area contributed by atoms with Crippen molar-refractivity contribution in [1.29, 1.82) is 0 Å². The van der Waals surface area contributed by atoms with Gasteiger partial charge in [0.25, 0.3) is 0 Å². The summed E-state index contributed by atoms with van der Waals surface area (Å²) in [5, 5.41) is 0.538. The van der Waals surface area contributed by atoms with Gasteiger partial charge in [-0.05, 0) is 55.3 Å². The molecule has 4 nitrogen and oxygen atoms in total. The topological polar surface area (TPSA) is 32.8 Å². The molecule has 0 bridgehead atoms. The van der Waals surface area contributed by atoms with Crippen molar-refractivity contribution >= 4 is 23.6 Å². The van der Waals surface area contributed by atoms with Crippen LogP contribution < -0.4 is 4.74 Å². The molecule has 3 rings (SSSR count). The van der Waals surface area contributed by atoms with Crippen molar-refractivity contribution in [3.8, 4) is 5.75 Å². The van der Waals surface area contributed by atoms with Crippen LogP contribution in [0.15, 0.2) is 48.5 Å². The third-order valence-electron chi connectivity index (χ3n) is 5.29. The Labute approximate surface area is 176 Å². The molecule has 0 saturated carbocycles. The monoisotopic (exact) mass is 416 g/mol. The van der Waals surface area contributed by atoms with Crippen LogP contribution in [0, 0.1) is 5.82 Å². The third kappa shape index (κ3) is 5.37. The molecule has 0 N–H and O–H groups in total. The SMILES string of the molecule is COc1cc(/C=C/C(=O)N2C[C@H](C)N(Cc3ccc(F)cc3)C[C@H]2C)ccc1Cl. The summed E-state index contributed by atoms with van der Waals surface area (Å²) in [5.74, 6) is 0.341. The zero-order valence-corrected chi connectivity index (χ0v) is 17.7. The van der Waals surface area contributed by atoms with Gasteiger partial charge in [0.1, 0.15) is 11.6 Å². The molecule has 0 radical (unpaired) electrons. The summed E-state index contributed by atoms with van der Waals surface area (Å²) in [4.78, 5) is 17.0. The summed E-state index contributed by atoms with van der Waals surface area (Å²) in [6.07, 6.45) is 3.38. The summed E-state index contributed by atoms with van der Waals surface area (Å²) in [7, 11) is 1.56. The lowest BCUT2D eigenvalue weighted by Gasteiger charge is -2.44. The summed E-state index contributed by atoms with van der Waals surface area (Å²) in [6, 6.07) is 12.3. The van der Waals surface area contributed by atoms with Crippen molar-refractivity contribution in [2.75, 3.05) is 20.2 Å². The molecule has 2 aromatic carbocycles. The van der Waals surface area contributed by atoms with E-state index < -0.39 is 0 Å². The molecular formula is C23H26ClFN2O2. The van der Waals surface area contributed by atoms with E-state index in [-0.39, 0.29) is 23.8 Å². The van der Waals surface area contributed by atoms with E-state index in [1.54, 1.807) is 31.4 Å². The maximum atomic E-state index is 13.1. The smallest absolute Gasteiger partial charge is 0.246 e. The second kappa shape index (κ2) is 9.42. The summed E-state index contributed by atoms with van der Waals surface area (Å²) < 4.78 is 18.3. The number of benzene rings is 2. The van der Waals surface area contributed by atoms with Gasteiger partial charge in [0.2, 0.25) is 5.91 Å². The number of hydrogen-bond acceptors (Lipinski definition) is 3. The van der Waals surface area contributed by atoms with E-state index in [4.69, 9.17) is 16.3 Å². The number of piperazine rings is 1. The van der Waals surface area contributed by atoms with E-state index in [0.29, 0.717) is 17.3 Å². The van der Waals surface area contributed by atoms with Gasteiger partial charge < -0.3 is 9.64 Å². The van der Waals surface area contributed by atoms with Gasteiger partial charge in [0.15, 0.2) is 0 Å². The first-order chi connectivity index (χ1) is 13.9. The molecule has 1 heterocycles. The standard InChI is InChI=1S/C23H26ClFN2O2/c1-16-14-27(17(2)13-26(16)15-19-4-8-20(25)9-5-19)23(28)11-7-18-6-10-21(24)22(12-18)29-3/h4-12,16-17H,13-15H2,1-3H3/b11-7+/t16-,17+/m0/s1. The molecule has 1 aliphatic rings. The van der Waals surface area contributed by atoms with Gasteiger partial charge in [0, 0.05) is 37.8 Å². The molecule has 1 saturated heterocycles. The summed E-state index contributed by atoms with van der Waals surface area (Å²) in [6.45, 7) is 6.33. The molecule has 0 unspecified atom stereocenters. The average molecular weight is 417 g/mol. The maximum absolute atomic E-state index is 13.1. The molecule has 154 valence electrons. The van der Waals surface area contributed by atoms with Crippen molar-refractivity contribution < 1.29 is 13.9 Å². The number of carbonyl (C=O) groups is 1. The van der Waals surface area contributed by atoms with E-state index in [1.165, 1.54) is 12.1 Å². The number of amides is 1. The lowest BCUT2D eigenvalue weighted by atomic mass is 10.1. The summed E-state index contributed by atoms with van der Waals surface area (Å²) in [5.41, 5.74) is 1.93. The van der Waals surface area contributed by atoms with Crippen LogP contribution >= 0.6 is 11.6 Å². The molecular weight excluding hydrogens is 391 g/mol. The van der Waals surface area contributed by atoms with E-state index in [9.17, 15) is 9.18 Å². The van der Waals surface area contributed by atoms with Crippen LogP contribution in [0.25, 0.3) is 6.08 Å². The normalized spacial score (nSPS) is 20.2. The van der Waals surface area contributed by atoms with Crippen molar-refractivity contribution in [2.45, 2.75) is 32.5 Å². The van der Waals surface area contributed by atoms with E-state index in [0.717, 1.165) is 24.2 Å². The molecule has 2 atom stereocenters. The molecule has 0 aromatic heterocycles. The largest absolute Gasteiger partial charge is 0.495 e. The Kier molecular flexibility index (Phi) is 6.93. The number of hydrogen-bond donors (Lipinski definition) is 0.